The number of nitrogens with zero attached hydrogens (tertiary/aromatic N) is 1. The van der Waals surface area contributed by atoms with Gasteiger partial charge in [0, 0.05) is 0 Å². The van der Waals surface area contributed by atoms with Crippen molar-refractivity contribution in [2.45, 2.75) is 6.92 Å². The van der Waals surface area contributed by atoms with Gasteiger partial charge in [0.15, 0.2) is 6.40 Å². The fourth-order valence-electron chi connectivity index (χ4n) is 0.118. The van der Waals surface area contributed by atoms with Crippen LogP contribution in [0.1, 0.15) is 6.92 Å². The Balaban J connectivity index is 2.66. The third-order valence-electron chi connectivity index (χ3n) is 0.302. The minimum atomic E-state index is 0.626. The monoisotopic (exact) mass is 88.1 g/mol. The van der Waals surface area contributed by atoms with Crippen LogP contribution in [0.2, 0.25) is 0 Å². The summed E-state index contributed by atoms with van der Waals surface area (Å²) < 4.78 is 4.57. The maximum Gasteiger partial charge on any atom is 0.192 e. The molecule has 2 N–H and O–H groups in total. The van der Waals surface area contributed by atoms with Crippen LogP contribution in [-0.4, -0.2) is 13.0 Å². The van der Waals surface area contributed by atoms with Gasteiger partial charge in [-0.3, -0.25) is 0 Å². The largest absolute Gasteiger partial charge is 0.482 e. The second kappa shape index (κ2) is 4.27. The fraction of sp³-hybridized carbons (Fsp3) is 0.667. The number of hydrazone groups is 1. The maximum absolute atomic E-state index is 4.66. The predicted octanol–water partition coefficient (Wildman–Crippen LogP) is -0.0751. The summed E-state index contributed by atoms with van der Waals surface area (Å²) in [5.74, 6) is 4.66. The molecule has 0 aromatic carbocycles. The minimum absolute atomic E-state index is 0.626. The number of nitrogens with two attached hydrogens (primary N) is 1. The molecule has 3 heteroatoms. The summed E-state index contributed by atoms with van der Waals surface area (Å²) >= 11 is 0. The molecule has 6 heavy (non-hydrogen) atoms. The summed E-state index contributed by atoms with van der Waals surface area (Å²) in [6.45, 7) is 2.49. The SMILES string of the molecule is CCOC=NN. The van der Waals surface area contributed by atoms with E-state index in [0.29, 0.717) is 6.61 Å². The van der Waals surface area contributed by atoms with Crippen molar-refractivity contribution >= 4 is 6.40 Å². The van der Waals surface area contributed by atoms with Crippen molar-refractivity contribution in [3.8, 4) is 0 Å². The van der Waals surface area contributed by atoms with Crippen molar-refractivity contribution in [1.82, 2.24) is 0 Å². The van der Waals surface area contributed by atoms with Gasteiger partial charge >= 0.3 is 0 Å². The van der Waals surface area contributed by atoms with Crippen LogP contribution in [0.15, 0.2) is 5.10 Å². The van der Waals surface area contributed by atoms with E-state index in [1.807, 2.05) is 6.92 Å². The Kier molecular flexibility index (Phi) is 3.75. The van der Waals surface area contributed by atoms with Crippen molar-refractivity contribution < 1.29 is 4.74 Å². The van der Waals surface area contributed by atoms with Gasteiger partial charge in [-0.25, -0.2) is 0 Å². The van der Waals surface area contributed by atoms with Gasteiger partial charge in [0.1, 0.15) is 0 Å². The molecule has 0 aliphatic carbocycles. The van der Waals surface area contributed by atoms with Crippen molar-refractivity contribution in [1.29, 1.82) is 0 Å². The number of ether oxygens (including phenoxy) is 1. The van der Waals surface area contributed by atoms with Gasteiger partial charge in [-0.2, -0.15) is 5.10 Å². The summed E-state index contributed by atoms with van der Waals surface area (Å²) in [5, 5.41) is 3.08. The Morgan fingerprint density at radius 2 is 2.67 bits per heavy atom. The molecule has 0 rings (SSSR count). The molecule has 0 saturated heterocycles. The van der Waals surface area contributed by atoms with Crippen LogP contribution in [0, 0.1) is 0 Å². The van der Waals surface area contributed by atoms with E-state index >= 15 is 0 Å². The van der Waals surface area contributed by atoms with E-state index in [4.69, 9.17) is 0 Å². The first-order valence-electron chi connectivity index (χ1n) is 1.75. The molecule has 0 saturated carbocycles. The van der Waals surface area contributed by atoms with Gasteiger partial charge in [-0.15, -0.1) is 0 Å². The topological polar surface area (TPSA) is 47.6 Å². The fourth-order valence-corrected chi connectivity index (χ4v) is 0.118. The van der Waals surface area contributed by atoms with Crippen LogP contribution in [0.25, 0.3) is 0 Å². The molecule has 0 spiro atoms. The summed E-state index contributed by atoms with van der Waals surface area (Å²) in [6, 6.07) is 0. The molecule has 0 radical (unpaired) electrons. The van der Waals surface area contributed by atoms with Crippen LogP contribution < -0.4 is 5.84 Å². The Labute approximate surface area is 36.8 Å². The van der Waals surface area contributed by atoms with E-state index in [9.17, 15) is 0 Å². The zero-order chi connectivity index (χ0) is 4.83. The number of hydrogen-bond donors (Lipinski definition) is 1. The van der Waals surface area contributed by atoms with Crippen LogP contribution in [0.4, 0.5) is 0 Å². The summed E-state index contributed by atoms with van der Waals surface area (Å²) in [7, 11) is 0. The lowest BCUT2D eigenvalue weighted by atomic mass is 10.9. The van der Waals surface area contributed by atoms with Gasteiger partial charge in [-0.1, -0.05) is 0 Å². The van der Waals surface area contributed by atoms with E-state index < -0.39 is 0 Å². The van der Waals surface area contributed by atoms with Crippen LogP contribution in [-0.2, 0) is 4.74 Å². The van der Waals surface area contributed by atoms with Crippen molar-refractivity contribution in [2.24, 2.45) is 10.9 Å². The Bertz CT molecular complexity index is 44.1. The molecule has 0 unspecified atom stereocenters. The predicted molar refractivity (Wildman–Crippen MR) is 24.3 cm³/mol. The van der Waals surface area contributed by atoms with Crippen molar-refractivity contribution in [2.75, 3.05) is 6.61 Å². The van der Waals surface area contributed by atoms with Crippen molar-refractivity contribution in [3.05, 3.63) is 0 Å². The molecule has 0 fully saturated rings. The van der Waals surface area contributed by atoms with Crippen LogP contribution in [0.3, 0.4) is 0 Å². The van der Waals surface area contributed by atoms with Gasteiger partial charge in [-0.05, 0) is 6.92 Å². The normalized spacial score (nSPS) is 9.50. The lowest BCUT2D eigenvalue weighted by molar-refractivity contribution is 0.342. The first-order valence-corrected chi connectivity index (χ1v) is 1.75. The molecule has 0 heterocycles. The third kappa shape index (κ3) is 3.27. The molecule has 0 aliphatic rings. The van der Waals surface area contributed by atoms with Gasteiger partial charge in [0.25, 0.3) is 0 Å². The zero-order valence-corrected chi connectivity index (χ0v) is 3.72. The molecular formula is C3H8N2O. The molecule has 0 aromatic rings. The van der Waals surface area contributed by atoms with Gasteiger partial charge in [0.05, 0.1) is 6.61 Å². The molecule has 36 valence electrons. The average Bonchev–Trinajstić information content (AvgIpc) is 1.61. The Morgan fingerprint density at radius 3 is 2.83 bits per heavy atom. The third-order valence-corrected chi connectivity index (χ3v) is 0.302. The molecule has 3 nitrogen and oxygen atoms in total. The van der Waals surface area contributed by atoms with Gasteiger partial charge < -0.3 is 10.6 Å². The number of hydrogen-bond acceptors (Lipinski definition) is 3. The summed E-state index contributed by atoms with van der Waals surface area (Å²) in [5.41, 5.74) is 0. The van der Waals surface area contributed by atoms with E-state index in [1.165, 1.54) is 6.40 Å². The molecule has 0 bridgehead atoms. The van der Waals surface area contributed by atoms with Crippen LogP contribution >= 0.6 is 0 Å². The quantitative estimate of drug-likeness (QED) is 0.222. The second-order valence-electron chi connectivity index (χ2n) is 0.710. The molecule has 0 atom stereocenters. The van der Waals surface area contributed by atoms with E-state index in [-0.39, 0.29) is 0 Å². The van der Waals surface area contributed by atoms with E-state index in [2.05, 4.69) is 15.7 Å². The minimum Gasteiger partial charge on any atom is -0.482 e. The molecule has 0 amide bonds. The summed E-state index contributed by atoms with van der Waals surface area (Å²) in [4.78, 5) is 0. The first-order chi connectivity index (χ1) is 2.91. The first kappa shape index (κ1) is 5.27. The highest BCUT2D eigenvalue weighted by molar-refractivity contribution is 5.45. The highest BCUT2D eigenvalue weighted by Crippen LogP contribution is 1.58. The van der Waals surface area contributed by atoms with Gasteiger partial charge in [0.2, 0.25) is 0 Å². The zero-order valence-electron chi connectivity index (χ0n) is 3.72. The molecular weight excluding hydrogens is 80.0 g/mol. The highest BCUT2D eigenvalue weighted by atomic mass is 16.5. The van der Waals surface area contributed by atoms with Crippen molar-refractivity contribution in [3.63, 3.8) is 0 Å². The van der Waals surface area contributed by atoms with E-state index in [1.54, 1.807) is 0 Å². The summed E-state index contributed by atoms with van der Waals surface area (Å²) in [6.07, 6.45) is 1.21. The Hall–Kier alpha value is -0.730. The van der Waals surface area contributed by atoms with E-state index in [0.717, 1.165) is 0 Å². The standard InChI is InChI=1S/C3H8N2O/c1-2-6-3-5-4/h3H,2,4H2,1H3. The smallest absolute Gasteiger partial charge is 0.192 e. The lowest BCUT2D eigenvalue weighted by Crippen LogP contribution is -1.88. The molecule has 0 aromatic heterocycles. The Morgan fingerprint density at radius 1 is 2.00 bits per heavy atom. The van der Waals surface area contributed by atoms with Crippen LogP contribution in [0.5, 0.6) is 0 Å². The highest BCUT2D eigenvalue weighted by Gasteiger charge is 1.61. The maximum atomic E-state index is 4.66. The average molecular weight is 88.1 g/mol. The number of rotatable bonds is 2. The second-order valence-corrected chi connectivity index (χ2v) is 0.710. The molecule has 0 aliphatic heterocycles. The lowest BCUT2D eigenvalue weighted by Gasteiger charge is -1.85.